The number of ether oxygens (including phenoxy) is 1. The number of carbonyl (C=O) groups is 1. The van der Waals surface area contributed by atoms with E-state index in [9.17, 15) is 4.79 Å². The van der Waals surface area contributed by atoms with Gasteiger partial charge in [0.15, 0.2) is 0 Å². The highest BCUT2D eigenvalue weighted by atomic mass is 16.5. The van der Waals surface area contributed by atoms with E-state index in [2.05, 4.69) is 22.2 Å². The molecule has 1 aromatic rings. The Balaban J connectivity index is 1.87. The first-order chi connectivity index (χ1) is 10.2. The Kier molecular flexibility index (Phi) is 5.92. The van der Waals surface area contributed by atoms with Gasteiger partial charge in [-0.2, -0.15) is 0 Å². The van der Waals surface area contributed by atoms with E-state index in [0.717, 1.165) is 32.5 Å². The van der Waals surface area contributed by atoms with Crippen molar-refractivity contribution < 1.29 is 9.53 Å². The molecular formula is C15H24N4O2. The Bertz CT molecular complexity index is 449. The van der Waals surface area contributed by atoms with Crippen LogP contribution >= 0.6 is 0 Å². The first-order valence-corrected chi connectivity index (χ1v) is 7.55. The molecule has 6 nitrogen and oxygen atoms in total. The van der Waals surface area contributed by atoms with Crippen molar-refractivity contribution >= 4 is 11.7 Å². The van der Waals surface area contributed by atoms with Gasteiger partial charge < -0.3 is 15.0 Å². The summed E-state index contributed by atoms with van der Waals surface area (Å²) in [4.78, 5) is 22.7. The van der Waals surface area contributed by atoms with Gasteiger partial charge in [0, 0.05) is 33.4 Å². The van der Waals surface area contributed by atoms with Gasteiger partial charge in [-0.3, -0.25) is 4.79 Å². The minimum absolute atomic E-state index is 0.0139. The Labute approximate surface area is 125 Å². The number of piperidine rings is 1. The summed E-state index contributed by atoms with van der Waals surface area (Å²) in [5.74, 6) is 1.24. The van der Waals surface area contributed by atoms with Crippen LogP contribution in [0.3, 0.4) is 0 Å². The second-order valence-electron chi connectivity index (χ2n) is 5.56. The fraction of sp³-hybridized carbons (Fsp3) is 0.667. The first kappa shape index (κ1) is 15.7. The van der Waals surface area contributed by atoms with E-state index in [1.54, 1.807) is 19.5 Å². The van der Waals surface area contributed by atoms with Gasteiger partial charge in [-0.05, 0) is 25.2 Å². The van der Waals surface area contributed by atoms with Crippen molar-refractivity contribution in [1.82, 2.24) is 14.9 Å². The molecule has 0 spiro atoms. The second kappa shape index (κ2) is 7.93. The van der Waals surface area contributed by atoms with Crippen LogP contribution in [-0.4, -0.2) is 54.1 Å². The SMILES string of the molecule is COCCCNc1cnc(C(=O)N2CCCC(C)C2)cn1. The Morgan fingerprint density at radius 2 is 2.33 bits per heavy atom. The Morgan fingerprint density at radius 3 is 3.00 bits per heavy atom. The molecule has 1 aromatic heterocycles. The van der Waals surface area contributed by atoms with Crippen molar-refractivity contribution in [2.75, 3.05) is 38.7 Å². The van der Waals surface area contributed by atoms with Crippen molar-refractivity contribution in [1.29, 1.82) is 0 Å². The predicted octanol–water partition coefficient (Wildman–Crippen LogP) is 1.80. The normalized spacial score (nSPS) is 18.6. The minimum atomic E-state index is -0.0139. The van der Waals surface area contributed by atoms with Crippen molar-refractivity contribution in [2.45, 2.75) is 26.2 Å². The quantitative estimate of drug-likeness (QED) is 0.810. The summed E-state index contributed by atoms with van der Waals surface area (Å²) in [5, 5.41) is 3.15. The smallest absolute Gasteiger partial charge is 0.274 e. The molecule has 0 aromatic carbocycles. The zero-order chi connectivity index (χ0) is 15.1. The zero-order valence-corrected chi connectivity index (χ0v) is 12.8. The largest absolute Gasteiger partial charge is 0.385 e. The van der Waals surface area contributed by atoms with E-state index in [1.807, 2.05) is 4.90 Å². The molecule has 1 fully saturated rings. The van der Waals surface area contributed by atoms with Crippen LogP contribution in [0.25, 0.3) is 0 Å². The molecule has 6 heteroatoms. The zero-order valence-electron chi connectivity index (χ0n) is 12.8. The number of likely N-dealkylation sites (tertiary alicyclic amines) is 1. The third kappa shape index (κ3) is 4.67. The number of nitrogens with zero attached hydrogens (tertiary/aromatic N) is 3. The molecule has 1 saturated heterocycles. The fourth-order valence-electron chi connectivity index (χ4n) is 2.50. The maximum Gasteiger partial charge on any atom is 0.274 e. The maximum absolute atomic E-state index is 12.3. The third-order valence-electron chi connectivity index (χ3n) is 3.65. The highest BCUT2D eigenvalue weighted by Crippen LogP contribution is 2.17. The average molecular weight is 292 g/mol. The number of hydrogen-bond donors (Lipinski definition) is 1. The van der Waals surface area contributed by atoms with E-state index >= 15 is 0 Å². The van der Waals surface area contributed by atoms with Crippen LogP contribution in [0.15, 0.2) is 12.4 Å². The number of aromatic nitrogens is 2. The molecule has 116 valence electrons. The summed E-state index contributed by atoms with van der Waals surface area (Å²) in [6.45, 7) is 5.31. The number of hydrogen-bond acceptors (Lipinski definition) is 5. The topological polar surface area (TPSA) is 67.3 Å². The lowest BCUT2D eigenvalue weighted by Crippen LogP contribution is -2.39. The van der Waals surface area contributed by atoms with Crippen LogP contribution in [0.4, 0.5) is 5.82 Å². The van der Waals surface area contributed by atoms with Crippen LogP contribution in [0, 0.1) is 5.92 Å². The Hall–Kier alpha value is -1.69. The van der Waals surface area contributed by atoms with Gasteiger partial charge in [0.05, 0.1) is 12.4 Å². The van der Waals surface area contributed by atoms with Crippen molar-refractivity contribution in [3.05, 3.63) is 18.1 Å². The van der Waals surface area contributed by atoms with Gasteiger partial charge in [0.25, 0.3) is 5.91 Å². The van der Waals surface area contributed by atoms with Crippen molar-refractivity contribution in [3.8, 4) is 0 Å². The molecule has 1 amide bonds. The summed E-state index contributed by atoms with van der Waals surface area (Å²) in [5.41, 5.74) is 0.423. The van der Waals surface area contributed by atoms with Gasteiger partial charge in [0.1, 0.15) is 11.5 Å². The number of methoxy groups -OCH3 is 1. The molecule has 0 radical (unpaired) electrons. The van der Waals surface area contributed by atoms with E-state index < -0.39 is 0 Å². The molecule has 0 bridgehead atoms. The van der Waals surface area contributed by atoms with Crippen LogP contribution in [-0.2, 0) is 4.74 Å². The van der Waals surface area contributed by atoms with Gasteiger partial charge >= 0.3 is 0 Å². The second-order valence-corrected chi connectivity index (χ2v) is 5.56. The van der Waals surface area contributed by atoms with E-state index in [-0.39, 0.29) is 5.91 Å². The van der Waals surface area contributed by atoms with Crippen LogP contribution in [0.5, 0.6) is 0 Å². The fourth-order valence-corrected chi connectivity index (χ4v) is 2.50. The number of amides is 1. The molecule has 1 N–H and O–H groups in total. The highest BCUT2D eigenvalue weighted by Gasteiger charge is 2.22. The number of rotatable bonds is 6. The summed E-state index contributed by atoms with van der Waals surface area (Å²) >= 11 is 0. The van der Waals surface area contributed by atoms with Crippen molar-refractivity contribution in [2.24, 2.45) is 5.92 Å². The van der Waals surface area contributed by atoms with E-state index in [1.165, 1.54) is 6.42 Å². The summed E-state index contributed by atoms with van der Waals surface area (Å²) in [6.07, 6.45) is 6.34. The minimum Gasteiger partial charge on any atom is -0.385 e. The van der Waals surface area contributed by atoms with Gasteiger partial charge in [0.2, 0.25) is 0 Å². The summed E-state index contributed by atoms with van der Waals surface area (Å²) in [6, 6.07) is 0. The monoisotopic (exact) mass is 292 g/mol. The molecule has 2 heterocycles. The summed E-state index contributed by atoms with van der Waals surface area (Å²) in [7, 11) is 1.68. The molecule has 1 aliphatic rings. The Morgan fingerprint density at radius 1 is 1.48 bits per heavy atom. The molecule has 1 aliphatic heterocycles. The lowest BCUT2D eigenvalue weighted by molar-refractivity contribution is 0.0676. The molecule has 1 atom stereocenters. The van der Waals surface area contributed by atoms with Crippen LogP contribution < -0.4 is 5.32 Å². The van der Waals surface area contributed by atoms with Gasteiger partial charge in [-0.25, -0.2) is 9.97 Å². The molecule has 0 saturated carbocycles. The van der Waals surface area contributed by atoms with Gasteiger partial charge in [-0.1, -0.05) is 6.92 Å². The average Bonchev–Trinajstić information content (AvgIpc) is 2.51. The molecule has 0 aliphatic carbocycles. The van der Waals surface area contributed by atoms with Crippen molar-refractivity contribution in [3.63, 3.8) is 0 Å². The maximum atomic E-state index is 12.3. The molecule has 2 rings (SSSR count). The molecule has 21 heavy (non-hydrogen) atoms. The highest BCUT2D eigenvalue weighted by molar-refractivity contribution is 5.92. The van der Waals surface area contributed by atoms with Gasteiger partial charge in [-0.15, -0.1) is 0 Å². The lowest BCUT2D eigenvalue weighted by Gasteiger charge is -2.30. The predicted molar refractivity (Wildman–Crippen MR) is 81.3 cm³/mol. The number of anilines is 1. The molecule has 1 unspecified atom stereocenters. The van der Waals surface area contributed by atoms with Crippen LogP contribution in [0.1, 0.15) is 36.7 Å². The number of nitrogens with one attached hydrogen (secondary N) is 1. The van der Waals surface area contributed by atoms with E-state index in [4.69, 9.17) is 4.74 Å². The molecular weight excluding hydrogens is 268 g/mol. The van der Waals surface area contributed by atoms with E-state index in [0.29, 0.717) is 24.0 Å². The lowest BCUT2D eigenvalue weighted by atomic mass is 10.0. The van der Waals surface area contributed by atoms with Crippen LogP contribution in [0.2, 0.25) is 0 Å². The first-order valence-electron chi connectivity index (χ1n) is 7.55. The third-order valence-corrected chi connectivity index (χ3v) is 3.65. The summed E-state index contributed by atoms with van der Waals surface area (Å²) < 4.78 is 4.98. The standard InChI is InChI=1S/C15H24N4O2/c1-12-5-3-7-19(11-12)15(20)13-9-18-14(10-17-13)16-6-4-8-21-2/h9-10,12H,3-8,11H2,1-2H3,(H,16,18). The number of carbonyl (C=O) groups excluding carboxylic acids is 1.